The van der Waals surface area contributed by atoms with Crippen molar-refractivity contribution in [3.05, 3.63) is 0 Å². The van der Waals surface area contributed by atoms with Crippen LogP contribution in [0.2, 0.25) is 0 Å². The fourth-order valence-electron chi connectivity index (χ4n) is 1.05. The first-order valence-corrected chi connectivity index (χ1v) is 6.04. The van der Waals surface area contributed by atoms with Gasteiger partial charge in [0.25, 0.3) is 0 Å². The van der Waals surface area contributed by atoms with Crippen molar-refractivity contribution < 1.29 is 25.5 Å². The molecule has 3 N–H and O–H groups in total. The van der Waals surface area contributed by atoms with Crippen LogP contribution >= 0.6 is 0 Å². The van der Waals surface area contributed by atoms with Crippen molar-refractivity contribution in [2.45, 2.75) is 45.4 Å². The summed E-state index contributed by atoms with van der Waals surface area (Å²) in [5.74, 6) is 0. The van der Waals surface area contributed by atoms with Gasteiger partial charge >= 0.3 is 48.1 Å². The standard InChI is InChI=1S/C8H18O4S.Ca.H2O.2H/c1-2-3-4-5-6-7-8-12-13(9,10)11;;;;/h2-8H2,1H3,(H,9,10,11);;1H2;;/q;+2;;2*-1. The van der Waals surface area contributed by atoms with E-state index in [1.807, 2.05) is 0 Å². The summed E-state index contributed by atoms with van der Waals surface area (Å²) in [6, 6.07) is 0. The van der Waals surface area contributed by atoms with Crippen LogP contribution in [0.25, 0.3) is 0 Å². The summed E-state index contributed by atoms with van der Waals surface area (Å²) in [5.41, 5.74) is 0. The van der Waals surface area contributed by atoms with E-state index >= 15 is 0 Å². The molecule has 0 rings (SSSR count). The Kier molecular flexibility index (Phi) is 18.8. The van der Waals surface area contributed by atoms with Crippen LogP contribution in [0.1, 0.15) is 48.3 Å². The molecular formula is C8H22CaO5S. The molecule has 0 saturated carbocycles. The van der Waals surface area contributed by atoms with Crippen molar-refractivity contribution in [2.75, 3.05) is 6.61 Å². The zero-order chi connectivity index (χ0) is 10.2. The van der Waals surface area contributed by atoms with Crippen molar-refractivity contribution in [3.63, 3.8) is 0 Å². The minimum atomic E-state index is -4.22. The van der Waals surface area contributed by atoms with E-state index < -0.39 is 10.4 Å². The molecule has 15 heavy (non-hydrogen) atoms. The first-order valence-electron chi connectivity index (χ1n) is 4.68. The Bertz CT molecular complexity index is 214. The summed E-state index contributed by atoms with van der Waals surface area (Å²) < 4.78 is 32.6. The van der Waals surface area contributed by atoms with Crippen LogP contribution in [0.15, 0.2) is 0 Å². The summed E-state index contributed by atoms with van der Waals surface area (Å²) in [6.45, 7) is 2.23. The summed E-state index contributed by atoms with van der Waals surface area (Å²) in [6.07, 6.45) is 6.34. The molecule has 0 aliphatic rings. The normalized spacial score (nSPS) is 10.3. The van der Waals surface area contributed by atoms with Gasteiger partial charge in [0.2, 0.25) is 0 Å². The smallest absolute Gasteiger partial charge is 1.00 e. The Morgan fingerprint density at radius 1 is 1.13 bits per heavy atom. The Hall–Kier alpha value is 1.09. The summed E-state index contributed by atoms with van der Waals surface area (Å²) in [4.78, 5) is 0. The largest absolute Gasteiger partial charge is 2.00 e. The van der Waals surface area contributed by atoms with Gasteiger partial charge in [-0.25, -0.2) is 4.18 Å². The molecule has 7 heteroatoms. The summed E-state index contributed by atoms with van der Waals surface area (Å²) in [7, 11) is -4.22. The fraction of sp³-hybridized carbons (Fsp3) is 1.00. The van der Waals surface area contributed by atoms with E-state index in [-0.39, 0.29) is 52.7 Å². The van der Waals surface area contributed by atoms with Gasteiger partial charge in [-0.1, -0.05) is 39.0 Å². The molecule has 0 aliphatic heterocycles. The quantitative estimate of drug-likeness (QED) is 0.407. The molecule has 0 fully saturated rings. The summed E-state index contributed by atoms with van der Waals surface area (Å²) in [5, 5.41) is 0. The molecule has 0 bridgehead atoms. The molecule has 0 saturated heterocycles. The molecule has 0 aromatic carbocycles. The van der Waals surface area contributed by atoms with Gasteiger partial charge in [-0.2, -0.15) is 8.42 Å². The Morgan fingerprint density at radius 2 is 1.60 bits per heavy atom. The van der Waals surface area contributed by atoms with Crippen molar-refractivity contribution in [2.24, 2.45) is 0 Å². The van der Waals surface area contributed by atoms with Crippen LogP contribution in [0.3, 0.4) is 0 Å². The minimum Gasteiger partial charge on any atom is -1.00 e. The first kappa shape index (κ1) is 21.4. The molecule has 0 heterocycles. The van der Waals surface area contributed by atoms with Crippen LogP contribution < -0.4 is 0 Å². The third-order valence-corrected chi connectivity index (χ3v) is 2.19. The predicted octanol–water partition coefficient (Wildman–Crippen LogP) is 1.19. The molecule has 0 aromatic heterocycles. The Balaban J connectivity index is -0.000000120. The molecule has 0 radical (unpaired) electrons. The van der Waals surface area contributed by atoms with E-state index in [1.54, 1.807) is 0 Å². The number of hydrogen-bond donors (Lipinski definition) is 1. The number of rotatable bonds is 8. The third kappa shape index (κ3) is 21.0. The molecule has 92 valence electrons. The molecule has 0 spiro atoms. The maximum Gasteiger partial charge on any atom is 2.00 e. The van der Waals surface area contributed by atoms with Gasteiger partial charge in [0, 0.05) is 0 Å². The molecular weight excluding hydrogens is 248 g/mol. The van der Waals surface area contributed by atoms with Crippen LogP contribution in [0, 0.1) is 0 Å². The van der Waals surface area contributed by atoms with Crippen molar-refractivity contribution in [1.82, 2.24) is 0 Å². The van der Waals surface area contributed by atoms with Crippen LogP contribution in [-0.2, 0) is 14.6 Å². The second-order valence-electron chi connectivity index (χ2n) is 3.02. The van der Waals surface area contributed by atoms with E-state index in [0.717, 1.165) is 12.8 Å². The molecule has 5 nitrogen and oxygen atoms in total. The predicted molar refractivity (Wildman–Crippen MR) is 62.5 cm³/mol. The van der Waals surface area contributed by atoms with Gasteiger partial charge < -0.3 is 8.33 Å². The van der Waals surface area contributed by atoms with Crippen LogP contribution in [0.4, 0.5) is 0 Å². The van der Waals surface area contributed by atoms with E-state index in [1.165, 1.54) is 19.3 Å². The second kappa shape index (κ2) is 13.2. The van der Waals surface area contributed by atoms with Gasteiger partial charge in [-0.3, -0.25) is 4.55 Å². The minimum absolute atomic E-state index is 0. The van der Waals surface area contributed by atoms with E-state index in [0.29, 0.717) is 6.42 Å². The van der Waals surface area contributed by atoms with Gasteiger partial charge in [0.15, 0.2) is 0 Å². The third-order valence-electron chi connectivity index (χ3n) is 1.73. The van der Waals surface area contributed by atoms with Crippen molar-refractivity contribution in [1.29, 1.82) is 0 Å². The first-order chi connectivity index (χ1) is 6.06. The van der Waals surface area contributed by atoms with E-state index in [4.69, 9.17) is 4.55 Å². The molecule has 0 amide bonds. The maximum atomic E-state index is 10.1. The average Bonchev–Trinajstić information content (AvgIpc) is 2.01. The van der Waals surface area contributed by atoms with Crippen LogP contribution in [-0.4, -0.2) is 62.8 Å². The molecule has 0 unspecified atom stereocenters. The fourth-order valence-corrected chi connectivity index (χ4v) is 1.38. The van der Waals surface area contributed by atoms with Gasteiger partial charge in [0.05, 0.1) is 6.61 Å². The SMILES string of the molecule is CCCCCCCCOS(=O)(=O)O.O.[Ca+2].[H-].[H-]. The Morgan fingerprint density at radius 3 is 2.07 bits per heavy atom. The number of unbranched alkanes of at least 4 members (excludes halogenated alkanes) is 5. The van der Waals surface area contributed by atoms with E-state index in [9.17, 15) is 8.42 Å². The molecule has 0 aliphatic carbocycles. The zero-order valence-electron chi connectivity index (χ0n) is 11.2. The molecule has 0 atom stereocenters. The van der Waals surface area contributed by atoms with Crippen LogP contribution in [0.5, 0.6) is 0 Å². The van der Waals surface area contributed by atoms with Gasteiger partial charge in [-0.05, 0) is 6.42 Å². The maximum absolute atomic E-state index is 10.1. The topological polar surface area (TPSA) is 95.1 Å². The van der Waals surface area contributed by atoms with Gasteiger partial charge in [0.1, 0.15) is 0 Å². The van der Waals surface area contributed by atoms with E-state index in [2.05, 4.69) is 11.1 Å². The Labute approximate surface area is 125 Å². The van der Waals surface area contributed by atoms with Gasteiger partial charge in [-0.15, -0.1) is 0 Å². The monoisotopic (exact) mass is 270 g/mol. The molecule has 0 aromatic rings. The second-order valence-corrected chi connectivity index (χ2v) is 4.11. The average molecular weight is 270 g/mol. The zero-order valence-corrected chi connectivity index (χ0v) is 12.3. The summed E-state index contributed by atoms with van der Waals surface area (Å²) >= 11 is 0. The number of hydrogen-bond acceptors (Lipinski definition) is 3. The van der Waals surface area contributed by atoms with Crippen molar-refractivity contribution in [3.8, 4) is 0 Å². The van der Waals surface area contributed by atoms with Crippen molar-refractivity contribution >= 4 is 48.1 Å².